The summed E-state index contributed by atoms with van der Waals surface area (Å²) in [4.78, 5) is 19.0. The normalized spacial score (nSPS) is 15.2. The number of hydrogen-bond acceptors (Lipinski definition) is 6. The second-order valence-corrected chi connectivity index (χ2v) is 7.20. The predicted molar refractivity (Wildman–Crippen MR) is 97.9 cm³/mol. The maximum absolute atomic E-state index is 12.2. The van der Waals surface area contributed by atoms with Crippen LogP contribution in [0.1, 0.15) is 32.6 Å². The Kier molecular flexibility index (Phi) is 5.56. The van der Waals surface area contributed by atoms with Gasteiger partial charge in [0, 0.05) is 17.6 Å². The summed E-state index contributed by atoms with van der Waals surface area (Å²) in [5.74, 6) is 1.43. The Morgan fingerprint density at radius 3 is 2.62 bits per heavy atom. The van der Waals surface area contributed by atoms with Crippen LogP contribution in [0.3, 0.4) is 0 Å². The van der Waals surface area contributed by atoms with E-state index in [0.717, 1.165) is 24.4 Å². The Morgan fingerprint density at radius 1 is 1.27 bits per heavy atom. The standard InChI is InChI=1S/C19H26N4O3/c1-19(2,23-10-4-5-11-23)13-20-16(24)12-17-21-18(22-26-17)14-6-8-15(25-3)9-7-14/h6-9H,4-5,10-13H2,1-3H3,(H,20,24). The predicted octanol–water partition coefficient (Wildman–Crippen LogP) is 2.28. The lowest BCUT2D eigenvalue weighted by Gasteiger charge is -2.35. The van der Waals surface area contributed by atoms with Gasteiger partial charge in [-0.25, -0.2) is 0 Å². The highest BCUT2D eigenvalue weighted by Gasteiger charge is 2.29. The third-order valence-corrected chi connectivity index (χ3v) is 4.81. The molecule has 0 radical (unpaired) electrons. The van der Waals surface area contributed by atoms with Crippen LogP contribution in [0.25, 0.3) is 11.4 Å². The fourth-order valence-corrected chi connectivity index (χ4v) is 3.13. The molecule has 0 saturated carbocycles. The summed E-state index contributed by atoms with van der Waals surface area (Å²) in [6.45, 7) is 7.11. The van der Waals surface area contributed by atoms with Crippen LogP contribution in [0.2, 0.25) is 0 Å². The summed E-state index contributed by atoms with van der Waals surface area (Å²) >= 11 is 0. The van der Waals surface area contributed by atoms with Crippen molar-refractivity contribution in [3.8, 4) is 17.1 Å². The molecule has 0 aliphatic carbocycles. The summed E-state index contributed by atoms with van der Waals surface area (Å²) in [6.07, 6.45) is 2.54. The second kappa shape index (κ2) is 7.86. The van der Waals surface area contributed by atoms with Crippen molar-refractivity contribution in [1.82, 2.24) is 20.4 Å². The maximum Gasteiger partial charge on any atom is 0.236 e. The molecule has 7 heteroatoms. The Morgan fingerprint density at radius 2 is 1.96 bits per heavy atom. The first-order valence-electron chi connectivity index (χ1n) is 8.97. The molecule has 3 rings (SSSR count). The maximum atomic E-state index is 12.2. The molecule has 2 aromatic rings. The van der Waals surface area contributed by atoms with Gasteiger partial charge in [0.2, 0.25) is 17.6 Å². The summed E-state index contributed by atoms with van der Waals surface area (Å²) in [7, 11) is 1.62. The van der Waals surface area contributed by atoms with Crippen LogP contribution in [0.4, 0.5) is 0 Å². The van der Waals surface area contributed by atoms with E-state index in [1.54, 1.807) is 7.11 Å². The number of nitrogens with one attached hydrogen (secondary N) is 1. The molecule has 1 N–H and O–H groups in total. The van der Waals surface area contributed by atoms with Gasteiger partial charge in [0.15, 0.2) is 0 Å². The highest BCUT2D eigenvalue weighted by Crippen LogP contribution is 2.21. The SMILES string of the molecule is COc1ccc(-c2noc(CC(=O)NCC(C)(C)N3CCCC3)n2)cc1. The third kappa shape index (κ3) is 4.40. The molecule has 7 nitrogen and oxygen atoms in total. The van der Waals surface area contributed by atoms with Gasteiger partial charge in [-0.2, -0.15) is 4.98 Å². The van der Waals surface area contributed by atoms with Crippen molar-refractivity contribution in [2.75, 3.05) is 26.7 Å². The summed E-state index contributed by atoms with van der Waals surface area (Å²) in [5, 5.41) is 6.94. The number of nitrogens with zero attached hydrogens (tertiary/aromatic N) is 3. The van der Waals surface area contributed by atoms with Gasteiger partial charge in [-0.3, -0.25) is 9.69 Å². The smallest absolute Gasteiger partial charge is 0.236 e. The lowest BCUT2D eigenvalue weighted by atomic mass is 10.0. The molecule has 1 aliphatic heterocycles. The van der Waals surface area contributed by atoms with Crippen molar-refractivity contribution in [2.24, 2.45) is 0 Å². The first kappa shape index (κ1) is 18.4. The van der Waals surface area contributed by atoms with E-state index < -0.39 is 0 Å². The van der Waals surface area contributed by atoms with Gasteiger partial charge < -0.3 is 14.6 Å². The molecule has 1 fully saturated rings. The molecule has 1 aliphatic rings. The fourth-order valence-electron chi connectivity index (χ4n) is 3.13. The van der Waals surface area contributed by atoms with Gasteiger partial charge in [-0.1, -0.05) is 5.16 Å². The van der Waals surface area contributed by atoms with Crippen LogP contribution >= 0.6 is 0 Å². The summed E-state index contributed by atoms with van der Waals surface area (Å²) in [5.41, 5.74) is 0.770. The van der Waals surface area contributed by atoms with Gasteiger partial charge in [-0.15, -0.1) is 0 Å². The minimum Gasteiger partial charge on any atom is -0.497 e. The van der Waals surface area contributed by atoms with Crippen LogP contribution in [-0.4, -0.2) is 53.2 Å². The van der Waals surface area contributed by atoms with E-state index in [1.807, 2.05) is 24.3 Å². The van der Waals surface area contributed by atoms with E-state index in [2.05, 4.69) is 34.2 Å². The van der Waals surface area contributed by atoms with Gasteiger partial charge in [0.05, 0.1) is 7.11 Å². The van der Waals surface area contributed by atoms with Gasteiger partial charge >= 0.3 is 0 Å². The Bertz CT molecular complexity index is 733. The molecule has 0 unspecified atom stereocenters. The number of rotatable bonds is 7. The van der Waals surface area contributed by atoms with E-state index in [4.69, 9.17) is 9.26 Å². The van der Waals surface area contributed by atoms with Crippen LogP contribution < -0.4 is 10.1 Å². The van der Waals surface area contributed by atoms with Crippen LogP contribution in [0, 0.1) is 0 Å². The number of aromatic nitrogens is 2. The molecule has 2 heterocycles. The zero-order valence-corrected chi connectivity index (χ0v) is 15.6. The number of hydrogen-bond donors (Lipinski definition) is 1. The van der Waals surface area contributed by atoms with Gasteiger partial charge in [0.25, 0.3) is 0 Å². The molecule has 0 spiro atoms. The van der Waals surface area contributed by atoms with Crippen molar-refractivity contribution in [3.05, 3.63) is 30.2 Å². The number of amides is 1. The van der Waals surface area contributed by atoms with Crippen molar-refractivity contribution in [1.29, 1.82) is 0 Å². The number of likely N-dealkylation sites (tertiary alicyclic amines) is 1. The third-order valence-electron chi connectivity index (χ3n) is 4.81. The number of ether oxygens (including phenoxy) is 1. The summed E-state index contributed by atoms with van der Waals surface area (Å²) in [6, 6.07) is 7.37. The largest absolute Gasteiger partial charge is 0.497 e. The quantitative estimate of drug-likeness (QED) is 0.818. The first-order chi connectivity index (χ1) is 12.5. The number of methoxy groups -OCH3 is 1. The molecule has 0 bridgehead atoms. The average molecular weight is 358 g/mol. The van der Waals surface area contributed by atoms with E-state index >= 15 is 0 Å². The van der Waals surface area contributed by atoms with Gasteiger partial charge in [-0.05, 0) is 64.0 Å². The molecule has 1 amide bonds. The Labute approximate surface area is 153 Å². The Balaban J connectivity index is 1.54. The Hall–Kier alpha value is -2.41. The highest BCUT2D eigenvalue weighted by molar-refractivity contribution is 5.77. The van der Waals surface area contributed by atoms with Crippen LogP contribution in [0.5, 0.6) is 5.75 Å². The van der Waals surface area contributed by atoms with Gasteiger partial charge in [0.1, 0.15) is 12.2 Å². The van der Waals surface area contributed by atoms with Crippen molar-refractivity contribution in [2.45, 2.75) is 38.6 Å². The zero-order chi connectivity index (χ0) is 18.6. The zero-order valence-electron chi connectivity index (χ0n) is 15.6. The van der Waals surface area contributed by atoms with Crippen molar-refractivity contribution in [3.63, 3.8) is 0 Å². The van der Waals surface area contributed by atoms with E-state index in [0.29, 0.717) is 18.3 Å². The van der Waals surface area contributed by atoms with E-state index in [-0.39, 0.29) is 17.9 Å². The van der Waals surface area contributed by atoms with E-state index in [1.165, 1.54) is 12.8 Å². The highest BCUT2D eigenvalue weighted by atomic mass is 16.5. The molecule has 26 heavy (non-hydrogen) atoms. The lowest BCUT2D eigenvalue weighted by molar-refractivity contribution is -0.121. The number of carbonyl (C=O) groups is 1. The molecule has 0 atom stereocenters. The van der Waals surface area contributed by atoms with Crippen molar-refractivity contribution >= 4 is 5.91 Å². The number of benzene rings is 1. The topological polar surface area (TPSA) is 80.5 Å². The minimum absolute atomic E-state index is 0.0464. The molecule has 1 aromatic carbocycles. The lowest BCUT2D eigenvalue weighted by Crippen LogP contribution is -2.50. The van der Waals surface area contributed by atoms with Crippen molar-refractivity contribution < 1.29 is 14.1 Å². The minimum atomic E-state index is -0.109. The molecule has 140 valence electrons. The van der Waals surface area contributed by atoms with Crippen LogP contribution in [0.15, 0.2) is 28.8 Å². The van der Waals surface area contributed by atoms with E-state index in [9.17, 15) is 4.79 Å². The monoisotopic (exact) mass is 358 g/mol. The molecular formula is C19H26N4O3. The average Bonchev–Trinajstić information content (AvgIpc) is 3.33. The summed E-state index contributed by atoms with van der Waals surface area (Å²) < 4.78 is 10.3. The second-order valence-electron chi connectivity index (χ2n) is 7.20. The number of carbonyl (C=O) groups excluding carboxylic acids is 1. The first-order valence-corrected chi connectivity index (χ1v) is 8.97. The van der Waals surface area contributed by atoms with Crippen LogP contribution in [-0.2, 0) is 11.2 Å². The fraction of sp³-hybridized carbons (Fsp3) is 0.526. The molecular weight excluding hydrogens is 332 g/mol. The molecule has 1 aromatic heterocycles. The molecule has 1 saturated heterocycles.